The molecule has 138 valence electrons. The number of hydrogen-bond acceptors (Lipinski definition) is 5. The molecule has 1 heterocycles. The molecule has 27 heavy (non-hydrogen) atoms. The number of hydrogen-bond donors (Lipinski definition) is 2. The Hall–Kier alpha value is -3.61. The lowest BCUT2D eigenvalue weighted by Crippen LogP contribution is -2.28. The molecule has 1 saturated heterocycles. The summed E-state index contributed by atoms with van der Waals surface area (Å²) in [7, 11) is 1.43. The Bertz CT molecular complexity index is 947. The van der Waals surface area contributed by atoms with E-state index >= 15 is 0 Å². The van der Waals surface area contributed by atoms with Crippen molar-refractivity contribution >= 4 is 35.2 Å². The van der Waals surface area contributed by atoms with Crippen molar-refractivity contribution in [2.75, 3.05) is 17.3 Å². The van der Waals surface area contributed by atoms with Crippen LogP contribution in [0.25, 0.3) is 6.08 Å². The van der Waals surface area contributed by atoms with Gasteiger partial charge in [0.15, 0.2) is 11.5 Å². The van der Waals surface area contributed by atoms with E-state index in [9.17, 15) is 19.5 Å². The minimum absolute atomic E-state index is 0.00522. The number of rotatable bonds is 4. The zero-order valence-corrected chi connectivity index (χ0v) is 14.9. The summed E-state index contributed by atoms with van der Waals surface area (Å²) >= 11 is 0. The molecule has 0 radical (unpaired) electrons. The molecule has 1 fully saturated rings. The maximum absolute atomic E-state index is 12.7. The molecule has 0 atom stereocenters. The molecule has 1 aliphatic heterocycles. The van der Waals surface area contributed by atoms with Crippen molar-refractivity contribution < 1.29 is 24.2 Å². The first kappa shape index (κ1) is 18.2. The van der Waals surface area contributed by atoms with Gasteiger partial charge in [-0.05, 0) is 48.0 Å². The lowest BCUT2D eigenvalue weighted by molar-refractivity contribution is -0.120. The van der Waals surface area contributed by atoms with Crippen molar-refractivity contribution in [3.63, 3.8) is 0 Å². The SMILES string of the molecule is COc1cc(/C=C2\CC(=O)N(c3ccc(NC(C)=O)cc3)C2=O)ccc1O. The van der Waals surface area contributed by atoms with Crippen LogP contribution in [0.1, 0.15) is 18.9 Å². The molecule has 7 nitrogen and oxygen atoms in total. The summed E-state index contributed by atoms with van der Waals surface area (Å²) in [6.07, 6.45) is 1.59. The third-order valence-corrected chi connectivity index (χ3v) is 4.06. The standard InChI is InChI=1S/C20H18N2O5/c1-12(23)21-15-4-6-16(7-5-15)22-19(25)11-14(20(22)26)9-13-3-8-17(24)18(10-13)27-2/h3-10,24H,11H2,1-2H3,(H,21,23)/b14-9+. The maximum Gasteiger partial charge on any atom is 0.261 e. The number of carbonyl (C=O) groups excluding carboxylic acids is 3. The number of nitrogens with one attached hydrogen (secondary N) is 1. The van der Waals surface area contributed by atoms with Gasteiger partial charge in [0.1, 0.15) is 0 Å². The van der Waals surface area contributed by atoms with Crippen molar-refractivity contribution in [3.8, 4) is 11.5 Å². The van der Waals surface area contributed by atoms with E-state index in [1.165, 1.54) is 20.1 Å². The van der Waals surface area contributed by atoms with E-state index in [0.717, 1.165) is 4.90 Å². The van der Waals surface area contributed by atoms with E-state index in [4.69, 9.17) is 4.74 Å². The van der Waals surface area contributed by atoms with Crippen molar-refractivity contribution in [2.45, 2.75) is 13.3 Å². The van der Waals surface area contributed by atoms with E-state index in [0.29, 0.717) is 22.5 Å². The fourth-order valence-electron chi connectivity index (χ4n) is 2.83. The van der Waals surface area contributed by atoms with Gasteiger partial charge in [-0.25, -0.2) is 4.90 Å². The summed E-state index contributed by atoms with van der Waals surface area (Å²) < 4.78 is 5.06. The molecule has 0 aliphatic carbocycles. The third kappa shape index (κ3) is 3.82. The molecule has 0 unspecified atom stereocenters. The predicted octanol–water partition coefficient (Wildman–Crippen LogP) is 2.71. The van der Waals surface area contributed by atoms with Crippen molar-refractivity contribution in [3.05, 3.63) is 53.6 Å². The average Bonchev–Trinajstić information content (AvgIpc) is 2.90. The zero-order chi connectivity index (χ0) is 19.6. The molecule has 0 saturated carbocycles. The van der Waals surface area contributed by atoms with Crippen molar-refractivity contribution in [1.29, 1.82) is 0 Å². The van der Waals surface area contributed by atoms with Crippen LogP contribution in [0, 0.1) is 0 Å². The molecule has 2 aromatic carbocycles. The molecule has 2 N–H and O–H groups in total. The highest BCUT2D eigenvalue weighted by molar-refractivity contribution is 6.29. The summed E-state index contributed by atoms with van der Waals surface area (Å²) in [5, 5.41) is 12.3. The minimum atomic E-state index is -0.403. The first-order valence-electron chi connectivity index (χ1n) is 8.21. The smallest absolute Gasteiger partial charge is 0.261 e. The second-order valence-electron chi connectivity index (χ2n) is 6.04. The van der Waals surface area contributed by atoms with Crippen LogP contribution in [-0.2, 0) is 14.4 Å². The Morgan fingerprint density at radius 2 is 1.89 bits per heavy atom. The average molecular weight is 366 g/mol. The number of ether oxygens (including phenoxy) is 1. The predicted molar refractivity (Wildman–Crippen MR) is 100 cm³/mol. The number of amides is 3. The fourth-order valence-corrected chi connectivity index (χ4v) is 2.83. The normalized spacial score (nSPS) is 15.3. The van der Waals surface area contributed by atoms with Crippen LogP contribution in [0.3, 0.4) is 0 Å². The molecule has 2 aromatic rings. The summed E-state index contributed by atoms with van der Waals surface area (Å²) in [4.78, 5) is 37.2. The molecular weight excluding hydrogens is 348 g/mol. The van der Waals surface area contributed by atoms with Gasteiger partial charge in [0.2, 0.25) is 11.8 Å². The number of methoxy groups -OCH3 is 1. The molecule has 3 amide bonds. The molecule has 1 aliphatic rings. The first-order valence-corrected chi connectivity index (χ1v) is 8.21. The zero-order valence-electron chi connectivity index (χ0n) is 14.9. The number of anilines is 2. The quantitative estimate of drug-likeness (QED) is 0.641. The summed E-state index contributed by atoms with van der Waals surface area (Å²) in [6, 6.07) is 11.2. The van der Waals surface area contributed by atoms with Gasteiger partial charge in [0, 0.05) is 18.2 Å². The Balaban J connectivity index is 1.85. The van der Waals surface area contributed by atoms with Crippen molar-refractivity contribution in [2.24, 2.45) is 0 Å². The molecule has 0 aromatic heterocycles. The van der Waals surface area contributed by atoms with Gasteiger partial charge in [-0.1, -0.05) is 6.07 Å². The van der Waals surface area contributed by atoms with Gasteiger partial charge in [-0.3, -0.25) is 14.4 Å². The number of phenolic OH excluding ortho intramolecular Hbond substituents is 1. The van der Waals surface area contributed by atoms with Crippen LogP contribution in [-0.4, -0.2) is 29.9 Å². The van der Waals surface area contributed by atoms with Crippen LogP contribution in [0.5, 0.6) is 11.5 Å². The Kier molecular flexibility index (Phi) is 4.94. The molecule has 0 bridgehead atoms. The van der Waals surface area contributed by atoms with Crippen LogP contribution in [0.2, 0.25) is 0 Å². The Morgan fingerprint density at radius 1 is 1.19 bits per heavy atom. The highest BCUT2D eigenvalue weighted by Crippen LogP contribution is 2.31. The van der Waals surface area contributed by atoms with E-state index in [2.05, 4.69) is 5.32 Å². The lowest BCUT2D eigenvalue weighted by atomic mass is 10.1. The number of benzene rings is 2. The van der Waals surface area contributed by atoms with Gasteiger partial charge >= 0.3 is 0 Å². The molecule has 0 spiro atoms. The Morgan fingerprint density at radius 3 is 2.52 bits per heavy atom. The van der Waals surface area contributed by atoms with E-state index in [1.807, 2.05) is 0 Å². The second-order valence-corrected chi connectivity index (χ2v) is 6.04. The van der Waals surface area contributed by atoms with Gasteiger partial charge in [0.25, 0.3) is 5.91 Å². The monoisotopic (exact) mass is 366 g/mol. The summed E-state index contributed by atoms with van der Waals surface area (Å²) in [6.45, 7) is 1.40. The molecule has 7 heteroatoms. The molecule has 3 rings (SSSR count). The fraction of sp³-hybridized carbons (Fsp3) is 0.150. The van der Waals surface area contributed by atoms with Gasteiger partial charge in [-0.15, -0.1) is 0 Å². The van der Waals surface area contributed by atoms with Crippen LogP contribution in [0.15, 0.2) is 48.0 Å². The van der Waals surface area contributed by atoms with E-state index < -0.39 is 5.91 Å². The minimum Gasteiger partial charge on any atom is -0.504 e. The maximum atomic E-state index is 12.7. The molecular formula is C20H18N2O5. The summed E-state index contributed by atoms with van der Waals surface area (Å²) in [5.41, 5.74) is 2.01. The highest BCUT2D eigenvalue weighted by atomic mass is 16.5. The summed E-state index contributed by atoms with van der Waals surface area (Å²) in [5.74, 6) is -0.657. The van der Waals surface area contributed by atoms with Crippen LogP contribution in [0.4, 0.5) is 11.4 Å². The van der Waals surface area contributed by atoms with Crippen LogP contribution < -0.4 is 15.0 Å². The highest BCUT2D eigenvalue weighted by Gasteiger charge is 2.34. The number of nitrogens with zero attached hydrogens (tertiary/aromatic N) is 1. The number of carbonyl (C=O) groups is 3. The number of phenols is 1. The number of aromatic hydroxyl groups is 1. The Labute approximate surface area is 155 Å². The van der Waals surface area contributed by atoms with Crippen LogP contribution >= 0.6 is 0 Å². The van der Waals surface area contributed by atoms with Gasteiger partial charge in [0.05, 0.1) is 19.2 Å². The second kappa shape index (κ2) is 7.33. The van der Waals surface area contributed by atoms with Crippen molar-refractivity contribution in [1.82, 2.24) is 0 Å². The largest absolute Gasteiger partial charge is 0.504 e. The van der Waals surface area contributed by atoms with Gasteiger partial charge < -0.3 is 15.2 Å². The third-order valence-electron chi connectivity index (χ3n) is 4.06. The lowest BCUT2D eigenvalue weighted by Gasteiger charge is -2.14. The topological polar surface area (TPSA) is 95.9 Å². The van der Waals surface area contributed by atoms with E-state index in [-0.39, 0.29) is 29.7 Å². The number of imide groups is 1. The van der Waals surface area contributed by atoms with E-state index in [1.54, 1.807) is 42.5 Å². The first-order chi connectivity index (χ1) is 12.9. The van der Waals surface area contributed by atoms with Gasteiger partial charge in [-0.2, -0.15) is 0 Å².